The normalized spacial score (nSPS) is 11.0. The van der Waals surface area contributed by atoms with Crippen molar-refractivity contribution < 1.29 is 0 Å². The fourth-order valence-corrected chi connectivity index (χ4v) is 2.13. The minimum atomic E-state index is 0.659. The molecule has 0 atom stereocenters. The lowest BCUT2D eigenvalue weighted by molar-refractivity contribution is 0.665. The van der Waals surface area contributed by atoms with Crippen molar-refractivity contribution >= 4 is 10.8 Å². The van der Waals surface area contributed by atoms with Gasteiger partial charge in [-0.05, 0) is 28.4 Å². The van der Waals surface area contributed by atoms with Crippen LogP contribution in [0.2, 0.25) is 0 Å². The van der Waals surface area contributed by atoms with Crippen LogP contribution in [-0.2, 0) is 6.54 Å². The average Bonchev–Trinajstić information content (AvgIpc) is 2.92. The second kappa shape index (κ2) is 5.16. The zero-order valence-electron chi connectivity index (χ0n) is 10.7. The maximum Gasteiger partial charge on any atom is 0.170 e. The summed E-state index contributed by atoms with van der Waals surface area (Å²) in [7, 11) is 0. The molecule has 1 N–H and O–H groups in total. The summed E-state index contributed by atoms with van der Waals surface area (Å²) in [6.45, 7) is 3.61. The Morgan fingerprint density at radius 3 is 2.84 bits per heavy atom. The topological polar surface area (TPSA) is 55.6 Å². The van der Waals surface area contributed by atoms with E-state index >= 15 is 0 Å². The monoisotopic (exact) mass is 253 g/mol. The largest absolute Gasteiger partial charge is 0.310 e. The maximum absolute atomic E-state index is 4.11. The van der Waals surface area contributed by atoms with Crippen LogP contribution >= 0.6 is 0 Å². The van der Waals surface area contributed by atoms with E-state index in [1.807, 2.05) is 24.3 Å². The number of benzene rings is 2. The Labute approximate surface area is 111 Å². The van der Waals surface area contributed by atoms with Crippen LogP contribution in [0.4, 0.5) is 0 Å². The highest BCUT2D eigenvalue weighted by molar-refractivity contribution is 5.89. The van der Waals surface area contributed by atoms with E-state index in [0.29, 0.717) is 6.54 Å². The van der Waals surface area contributed by atoms with Crippen LogP contribution in [0.25, 0.3) is 16.5 Å². The van der Waals surface area contributed by atoms with Gasteiger partial charge in [-0.25, -0.2) is 0 Å². The summed E-state index contributed by atoms with van der Waals surface area (Å²) in [6, 6.07) is 14.4. The molecule has 1 aromatic heterocycles. The van der Waals surface area contributed by atoms with E-state index in [4.69, 9.17) is 0 Å². The molecule has 0 fully saturated rings. The van der Waals surface area contributed by atoms with Crippen molar-refractivity contribution in [3.05, 3.63) is 48.3 Å². The third kappa shape index (κ3) is 2.20. The molecular weight excluding hydrogens is 238 g/mol. The molecule has 1 heterocycles. The lowest BCUT2D eigenvalue weighted by Gasteiger charge is -2.08. The second-order valence-electron chi connectivity index (χ2n) is 4.29. The molecule has 2 aromatic carbocycles. The zero-order valence-corrected chi connectivity index (χ0v) is 10.7. The molecule has 0 aliphatic rings. The van der Waals surface area contributed by atoms with E-state index in [0.717, 1.165) is 23.4 Å². The van der Waals surface area contributed by atoms with Crippen molar-refractivity contribution in [2.24, 2.45) is 0 Å². The fourth-order valence-electron chi connectivity index (χ4n) is 2.13. The third-order valence-electron chi connectivity index (χ3n) is 3.06. The van der Waals surface area contributed by atoms with Crippen LogP contribution in [-0.4, -0.2) is 26.8 Å². The number of aromatic nitrogens is 4. The molecule has 3 aromatic rings. The van der Waals surface area contributed by atoms with E-state index in [1.54, 1.807) is 4.68 Å². The van der Waals surface area contributed by atoms with Gasteiger partial charge in [0, 0.05) is 5.39 Å². The Kier molecular flexibility index (Phi) is 3.20. The summed E-state index contributed by atoms with van der Waals surface area (Å²) in [5.41, 5.74) is 1.01. The minimum absolute atomic E-state index is 0.659. The third-order valence-corrected chi connectivity index (χ3v) is 3.06. The van der Waals surface area contributed by atoms with Crippen LogP contribution in [0.5, 0.6) is 0 Å². The summed E-state index contributed by atoms with van der Waals surface area (Å²) >= 11 is 0. The number of nitrogens with one attached hydrogen (secondary N) is 1. The Morgan fingerprint density at radius 1 is 1.11 bits per heavy atom. The van der Waals surface area contributed by atoms with E-state index < -0.39 is 0 Å². The molecule has 0 saturated heterocycles. The summed E-state index contributed by atoms with van der Waals surface area (Å²) in [5, 5.41) is 17.5. The van der Waals surface area contributed by atoms with Crippen molar-refractivity contribution in [3.8, 4) is 5.69 Å². The predicted octanol–water partition coefficient (Wildman–Crippen LogP) is 1.92. The molecule has 0 unspecified atom stereocenters. The summed E-state index contributed by atoms with van der Waals surface area (Å²) in [4.78, 5) is 0. The number of hydrogen-bond donors (Lipinski definition) is 1. The van der Waals surface area contributed by atoms with Gasteiger partial charge in [0.2, 0.25) is 0 Å². The standard InChI is InChI=1S/C14H15N5/c1-2-15-10-14-16-17-18-19(14)13-9-5-7-11-6-3-4-8-12(11)13/h3-9,15H,2,10H2,1H3. The van der Waals surface area contributed by atoms with Gasteiger partial charge in [-0.15, -0.1) is 5.10 Å². The molecule has 5 nitrogen and oxygen atoms in total. The number of tetrazole rings is 1. The Bertz CT molecular complexity index is 684. The van der Waals surface area contributed by atoms with Gasteiger partial charge in [-0.1, -0.05) is 43.3 Å². The number of nitrogens with zero attached hydrogens (tertiary/aromatic N) is 4. The van der Waals surface area contributed by atoms with Crippen molar-refractivity contribution in [3.63, 3.8) is 0 Å². The van der Waals surface area contributed by atoms with Crippen LogP contribution in [0, 0.1) is 0 Å². The predicted molar refractivity (Wildman–Crippen MR) is 74.0 cm³/mol. The van der Waals surface area contributed by atoms with Gasteiger partial charge in [0.15, 0.2) is 5.82 Å². The van der Waals surface area contributed by atoms with Gasteiger partial charge in [0.05, 0.1) is 12.2 Å². The first kappa shape index (κ1) is 11.8. The number of hydrogen-bond acceptors (Lipinski definition) is 4. The zero-order chi connectivity index (χ0) is 13.1. The molecule has 0 amide bonds. The van der Waals surface area contributed by atoms with Crippen molar-refractivity contribution in [2.45, 2.75) is 13.5 Å². The summed E-state index contributed by atoms with van der Waals surface area (Å²) in [6.07, 6.45) is 0. The molecule has 0 aliphatic heterocycles. The van der Waals surface area contributed by atoms with Gasteiger partial charge >= 0.3 is 0 Å². The summed E-state index contributed by atoms with van der Waals surface area (Å²) in [5.74, 6) is 0.818. The lowest BCUT2D eigenvalue weighted by Crippen LogP contribution is -2.16. The van der Waals surface area contributed by atoms with Gasteiger partial charge < -0.3 is 5.32 Å². The Morgan fingerprint density at radius 2 is 1.95 bits per heavy atom. The first-order valence-electron chi connectivity index (χ1n) is 6.36. The first-order chi connectivity index (χ1) is 9.40. The van der Waals surface area contributed by atoms with Gasteiger partial charge in [-0.2, -0.15) is 4.68 Å². The van der Waals surface area contributed by atoms with Crippen molar-refractivity contribution in [1.82, 2.24) is 25.5 Å². The lowest BCUT2D eigenvalue weighted by atomic mass is 10.1. The van der Waals surface area contributed by atoms with Crippen LogP contribution in [0.15, 0.2) is 42.5 Å². The number of rotatable bonds is 4. The first-order valence-corrected chi connectivity index (χ1v) is 6.36. The smallest absolute Gasteiger partial charge is 0.170 e. The molecule has 0 aliphatic carbocycles. The minimum Gasteiger partial charge on any atom is -0.310 e. The highest BCUT2D eigenvalue weighted by atomic mass is 15.5. The van der Waals surface area contributed by atoms with Crippen LogP contribution in [0.1, 0.15) is 12.7 Å². The van der Waals surface area contributed by atoms with E-state index in [1.165, 1.54) is 5.39 Å². The molecular formula is C14H15N5. The highest BCUT2D eigenvalue weighted by Gasteiger charge is 2.10. The Balaban J connectivity index is 2.12. The molecule has 0 saturated carbocycles. The average molecular weight is 253 g/mol. The molecule has 19 heavy (non-hydrogen) atoms. The quantitative estimate of drug-likeness (QED) is 0.772. The number of fused-ring (bicyclic) bond motifs is 1. The molecule has 96 valence electrons. The van der Waals surface area contributed by atoms with Crippen LogP contribution in [0.3, 0.4) is 0 Å². The molecule has 0 bridgehead atoms. The summed E-state index contributed by atoms with van der Waals surface area (Å²) < 4.78 is 1.80. The SMILES string of the molecule is CCNCc1nnnn1-c1cccc2ccccc12. The van der Waals surface area contributed by atoms with Gasteiger partial charge in [0.1, 0.15) is 0 Å². The molecule has 0 spiro atoms. The van der Waals surface area contributed by atoms with Crippen molar-refractivity contribution in [1.29, 1.82) is 0 Å². The van der Waals surface area contributed by atoms with Crippen molar-refractivity contribution in [2.75, 3.05) is 6.54 Å². The van der Waals surface area contributed by atoms with E-state index in [2.05, 4.69) is 46.0 Å². The maximum atomic E-state index is 4.11. The fraction of sp³-hybridized carbons (Fsp3) is 0.214. The second-order valence-corrected chi connectivity index (χ2v) is 4.29. The van der Waals surface area contributed by atoms with Gasteiger partial charge in [-0.3, -0.25) is 0 Å². The van der Waals surface area contributed by atoms with Crippen LogP contribution < -0.4 is 5.32 Å². The Hall–Kier alpha value is -2.27. The van der Waals surface area contributed by atoms with Gasteiger partial charge in [0.25, 0.3) is 0 Å². The molecule has 3 rings (SSSR count). The highest BCUT2D eigenvalue weighted by Crippen LogP contribution is 2.21. The molecule has 0 radical (unpaired) electrons. The van der Waals surface area contributed by atoms with E-state index in [9.17, 15) is 0 Å². The van der Waals surface area contributed by atoms with E-state index in [-0.39, 0.29) is 0 Å². The molecule has 5 heteroatoms.